The third kappa shape index (κ3) is 5.33. The number of esters is 1. The molecule has 0 amide bonds. The molecule has 1 N–H and O–H groups in total. The van der Waals surface area contributed by atoms with Crippen molar-refractivity contribution in [3.63, 3.8) is 0 Å². The third-order valence-corrected chi connectivity index (χ3v) is 5.50. The van der Waals surface area contributed by atoms with Crippen molar-refractivity contribution in [3.05, 3.63) is 53.6 Å². The highest BCUT2D eigenvalue weighted by Gasteiger charge is 2.24. The Morgan fingerprint density at radius 3 is 2.24 bits per heavy atom. The maximum Gasteiger partial charge on any atom is 0.338 e. The molecular formula is C20H23NO7S. The molecule has 0 aliphatic heterocycles. The first-order chi connectivity index (χ1) is 13.7. The molecule has 2 aromatic rings. The maximum atomic E-state index is 12.5. The van der Waals surface area contributed by atoms with Crippen LogP contribution in [-0.2, 0) is 14.8 Å². The molecule has 0 aliphatic rings. The largest absolute Gasteiger partial charge is 0.495 e. The zero-order valence-electron chi connectivity index (χ0n) is 16.6. The van der Waals surface area contributed by atoms with Crippen LogP contribution in [-0.4, -0.2) is 47.0 Å². The fourth-order valence-corrected chi connectivity index (χ4v) is 3.44. The lowest BCUT2D eigenvalue weighted by Crippen LogP contribution is -2.25. The number of hydrogen-bond acceptors (Lipinski definition) is 7. The smallest absolute Gasteiger partial charge is 0.338 e. The van der Waals surface area contributed by atoms with E-state index in [1.807, 2.05) is 6.92 Å². The normalized spacial score (nSPS) is 12.1. The number of nitrogens with one attached hydrogen (secondary N) is 1. The number of ether oxygens (including phenoxy) is 3. The van der Waals surface area contributed by atoms with Crippen molar-refractivity contribution < 1.29 is 32.2 Å². The quantitative estimate of drug-likeness (QED) is 0.489. The molecule has 0 fully saturated rings. The van der Waals surface area contributed by atoms with Crippen molar-refractivity contribution in [2.45, 2.75) is 24.8 Å². The lowest BCUT2D eigenvalue weighted by atomic mass is 10.1. The van der Waals surface area contributed by atoms with Gasteiger partial charge in [0, 0.05) is 5.56 Å². The SMILES string of the molecule is CCOc1ccc(C(=O)[C@H](C)OC(=O)c2ccc(OC)c(S(=O)(=O)NC)c2)cc1. The van der Waals surface area contributed by atoms with Crippen LogP contribution >= 0.6 is 0 Å². The van der Waals surface area contributed by atoms with Gasteiger partial charge in [0.05, 0.1) is 19.3 Å². The first-order valence-corrected chi connectivity index (χ1v) is 10.3. The van der Waals surface area contributed by atoms with Crippen LogP contribution in [0.3, 0.4) is 0 Å². The van der Waals surface area contributed by atoms with E-state index >= 15 is 0 Å². The lowest BCUT2D eigenvalue weighted by molar-refractivity contribution is 0.0318. The van der Waals surface area contributed by atoms with Crippen LogP contribution in [0.1, 0.15) is 34.6 Å². The first kappa shape index (κ1) is 22.4. The minimum absolute atomic E-state index is 0.0223. The summed E-state index contributed by atoms with van der Waals surface area (Å²) in [7, 11) is -1.29. The fourth-order valence-electron chi connectivity index (χ4n) is 2.52. The van der Waals surface area contributed by atoms with Gasteiger partial charge in [0.2, 0.25) is 15.8 Å². The molecule has 0 spiro atoms. The van der Waals surface area contributed by atoms with Gasteiger partial charge in [-0.15, -0.1) is 0 Å². The van der Waals surface area contributed by atoms with Crippen molar-refractivity contribution >= 4 is 21.8 Å². The number of methoxy groups -OCH3 is 1. The van der Waals surface area contributed by atoms with Crippen LogP contribution in [0.5, 0.6) is 11.5 Å². The van der Waals surface area contributed by atoms with Gasteiger partial charge in [-0.1, -0.05) is 0 Å². The molecule has 0 saturated heterocycles. The highest BCUT2D eigenvalue weighted by atomic mass is 32.2. The molecule has 156 valence electrons. The summed E-state index contributed by atoms with van der Waals surface area (Å²) in [6.45, 7) is 3.81. The molecular weight excluding hydrogens is 398 g/mol. The fraction of sp³-hybridized carbons (Fsp3) is 0.300. The standard InChI is InChI=1S/C20H23NO7S/c1-5-27-16-9-6-14(7-10-16)19(22)13(2)28-20(23)15-8-11-17(26-4)18(12-15)29(24,25)21-3/h6-13,21H,5H2,1-4H3/t13-/m0/s1. The van der Waals surface area contributed by atoms with Crippen molar-refractivity contribution in [1.82, 2.24) is 4.72 Å². The van der Waals surface area contributed by atoms with Gasteiger partial charge in [-0.25, -0.2) is 17.9 Å². The van der Waals surface area contributed by atoms with Crippen LogP contribution in [0.25, 0.3) is 0 Å². The Bertz CT molecular complexity index is 984. The van der Waals surface area contributed by atoms with Gasteiger partial charge in [-0.2, -0.15) is 0 Å². The van der Waals surface area contributed by atoms with E-state index in [-0.39, 0.29) is 16.2 Å². The summed E-state index contributed by atoms with van der Waals surface area (Å²) in [5, 5.41) is 0. The second-order valence-electron chi connectivity index (χ2n) is 5.94. The molecule has 0 bridgehead atoms. The Balaban J connectivity index is 2.18. The van der Waals surface area contributed by atoms with Gasteiger partial charge in [-0.3, -0.25) is 4.79 Å². The predicted octanol–water partition coefficient (Wildman–Crippen LogP) is 2.43. The molecule has 9 heteroatoms. The maximum absolute atomic E-state index is 12.5. The van der Waals surface area contributed by atoms with E-state index in [0.29, 0.717) is 17.9 Å². The Hall–Kier alpha value is -2.91. The van der Waals surface area contributed by atoms with E-state index in [2.05, 4.69) is 4.72 Å². The van der Waals surface area contributed by atoms with Gasteiger partial charge >= 0.3 is 5.97 Å². The number of rotatable bonds is 9. The molecule has 0 aromatic heterocycles. The van der Waals surface area contributed by atoms with E-state index in [4.69, 9.17) is 14.2 Å². The molecule has 8 nitrogen and oxygen atoms in total. The number of Topliss-reactive ketones (excluding diaryl/α,β-unsaturated/α-hetero) is 1. The van der Waals surface area contributed by atoms with Crippen molar-refractivity contribution in [3.8, 4) is 11.5 Å². The molecule has 0 heterocycles. The molecule has 2 aromatic carbocycles. The minimum atomic E-state index is -3.86. The molecule has 0 radical (unpaired) electrons. The van der Waals surface area contributed by atoms with E-state index in [0.717, 1.165) is 6.07 Å². The molecule has 2 rings (SSSR count). The van der Waals surface area contributed by atoms with Crippen LogP contribution < -0.4 is 14.2 Å². The van der Waals surface area contributed by atoms with Crippen LogP contribution in [0.4, 0.5) is 0 Å². The molecule has 0 saturated carbocycles. The number of sulfonamides is 1. The zero-order chi connectivity index (χ0) is 21.6. The first-order valence-electron chi connectivity index (χ1n) is 8.83. The molecule has 0 aliphatic carbocycles. The van der Waals surface area contributed by atoms with Gasteiger partial charge in [0.15, 0.2) is 6.10 Å². The Labute approximate surface area is 169 Å². The van der Waals surface area contributed by atoms with E-state index in [1.54, 1.807) is 24.3 Å². The van der Waals surface area contributed by atoms with Gasteiger partial charge in [0.25, 0.3) is 0 Å². The average molecular weight is 421 g/mol. The Morgan fingerprint density at radius 1 is 1.07 bits per heavy atom. The highest BCUT2D eigenvalue weighted by molar-refractivity contribution is 7.89. The van der Waals surface area contributed by atoms with E-state index < -0.39 is 27.9 Å². The topological polar surface area (TPSA) is 108 Å². The third-order valence-electron chi connectivity index (χ3n) is 4.06. The van der Waals surface area contributed by atoms with Gasteiger partial charge in [-0.05, 0) is 63.4 Å². The zero-order valence-corrected chi connectivity index (χ0v) is 17.4. The number of ketones is 1. The highest BCUT2D eigenvalue weighted by Crippen LogP contribution is 2.25. The Kier molecular flexibility index (Phi) is 7.35. The van der Waals surface area contributed by atoms with E-state index in [1.165, 1.54) is 33.2 Å². The molecule has 1 atom stereocenters. The second-order valence-corrected chi connectivity index (χ2v) is 7.80. The van der Waals surface area contributed by atoms with Gasteiger partial charge < -0.3 is 14.2 Å². The van der Waals surface area contributed by atoms with Crippen LogP contribution in [0, 0.1) is 0 Å². The Morgan fingerprint density at radius 2 is 1.69 bits per heavy atom. The van der Waals surface area contributed by atoms with E-state index in [9.17, 15) is 18.0 Å². The second kappa shape index (κ2) is 9.53. The summed E-state index contributed by atoms with van der Waals surface area (Å²) in [4.78, 5) is 24.8. The van der Waals surface area contributed by atoms with Gasteiger partial charge in [0.1, 0.15) is 16.4 Å². The summed E-state index contributed by atoms with van der Waals surface area (Å²) >= 11 is 0. The predicted molar refractivity (Wildman–Crippen MR) is 106 cm³/mol. The lowest BCUT2D eigenvalue weighted by Gasteiger charge is -2.14. The van der Waals surface area contributed by atoms with Crippen LogP contribution in [0.15, 0.2) is 47.4 Å². The summed E-state index contributed by atoms with van der Waals surface area (Å²) in [6.07, 6.45) is -1.06. The summed E-state index contributed by atoms with van der Waals surface area (Å²) in [6, 6.07) is 10.3. The number of carbonyl (C=O) groups is 2. The average Bonchev–Trinajstić information content (AvgIpc) is 2.73. The monoisotopic (exact) mass is 421 g/mol. The molecule has 29 heavy (non-hydrogen) atoms. The number of carbonyl (C=O) groups excluding carboxylic acids is 2. The number of benzene rings is 2. The number of hydrogen-bond donors (Lipinski definition) is 1. The molecule has 0 unspecified atom stereocenters. The van der Waals surface area contributed by atoms with Crippen molar-refractivity contribution in [2.24, 2.45) is 0 Å². The minimum Gasteiger partial charge on any atom is -0.495 e. The van der Waals surface area contributed by atoms with Crippen molar-refractivity contribution in [1.29, 1.82) is 0 Å². The summed E-state index contributed by atoms with van der Waals surface area (Å²) in [5.41, 5.74) is 0.341. The summed E-state index contributed by atoms with van der Waals surface area (Å²) < 4.78 is 42.0. The summed E-state index contributed by atoms with van der Waals surface area (Å²) in [5.74, 6) is -0.510. The van der Waals surface area contributed by atoms with Crippen molar-refractivity contribution in [2.75, 3.05) is 20.8 Å². The van der Waals surface area contributed by atoms with Crippen LogP contribution in [0.2, 0.25) is 0 Å².